The predicted octanol–water partition coefficient (Wildman–Crippen LogP) is 4.31. The van der Waals surface area contributed by atoms with E-state index in [-0.39, 0.29) is 18.8 Å². The van der Waals surface area contributed by atoms with E-state index in [1.54, 1.807) is 37.3 Å². The highest BCUT2D eigenvalue weighted by Gasteiger charge is 2.34. The number of rotatable bonds is 5. The summed E-state index contributed by atoms with van der Waals surface area (Å²) in [6, 6.07) is 10.8. The van der Waals surface area contributed by atoms with Crippen LogP contribution in [0.5, 0.6) is 5.75 Å². The molecule has 0 N–H and O–H groups in total. The summed E-state index contributed by atoms with van der Waals surface area (Å²) >= 11 is 0. The van der Waals surface area contributed by atoms with Gasteiger partial charge in [0.1, 0.15) is 12.4 Å². The number of alkyl halides is 3. The number of benzene rings is 2. The third-order valence-electron chi connectivity index (χ3n) is 3.50. The Morgan fingerprint density at radius 1 is 1.08 bits per heavy atom. The largest absolute Gasteiger partial charge is 0.488 e. The Labute approximate surface area is 138 Å². The molecule has 0 amide bonds. The minimum absolute atomic E-state index is 0.0378. The van der Waals surface area contributed by atoms with Crippen LogP contribution in [0.25, 0.3) is 0 Å². The molecule has 0 unspecified atom stereocenters. The van der Waals surface area contributed by atoms with Crippen LogP contribution < -0.4 is 4.74 Å². The summed E-state index contributed by atoms with van der Waals surface area (Å²) in [7, 11) is 1.28. The van der Waals surface area contributed by atoms with E-state index in [9.17, 15) is 18.0 Å². The van der Waals surface area contributed by atoms with E-state index in [0.29, 0.717) is 16.7 Å². The zero-order valence-electron chi connectivity index (χ0n) is 13.3. The van der Waals surface area contributed by atoms with E-state index in [1.807, 2.05) is 0 Å². The van der Waals surface area contributed by atoms with Crippen LogP contribution in [-0.2, 0) is 28.7 Å². The molecule has 0 aliphatic carbocycles. The molecule has 2 aromatic rings. The molecule has 3 nitrogen and oxygen atoms in total. The second kappa shape index (κ2) is 7.38. The van der Waals surface area contributed by atoms with Crippen molar-refractivity contribution in [3.05, 3.63) is 64.7 Å². The fraction of sp³-hybridized carbons (Fsp3) is 0.278. The van der Waals surface area contributed by atoms with Gasteiger partial charge in [-0.2, -0.15) is 13.2 Å². The third-order valence-corrected chi connectivity index (χ3v) is 3.50. The van der Waals surface area contributed by atoms with Gasteiger partial charge < -0.3 is 9.47 Å². The van der Waals surface area contributed by atoms with Crippen molar-refractivity contribution >= 4 is 5.97 Å². The minimum atomic E-state index is -4.49. The fourth-order valence-electron chi connectivity index (χ4n) is 2.25. The molecule has 2 aromatic carbocycles. The highest BCUT2D eigenvalue weighted by atomic mass is 19.4. The molecular weight excluding hydrogens is 321 g/mol. The summed E-state index contributed by atoms with van der Waals surface area (Å²) < 4.78 is 49.3. The predicted molar refractivity (Wildman–Crippen MR) is 82.7 cm³/mol. The van der Waals surface area contributed by atoms with E-state index in [2.05, 4.69) is 4.74 Å². The first-order chi connectivity index (χ1) is 11.3. The quantitative estimate of drug-likeness (QED) is 0.762. The van der Waals surface area contributed by atoms with Crippen molar-refractivity contribution in [2.24, 2.45) is 0 Å². The first-order valence-corrected chi connectivity index (χ1v) is 7.25. The molecular formula is C18H17F3O3. The second-order valence-corrected chi connectivity index (χ2v) is 5.31. The van der Waals surface area contributed by atoms with Gasteiger partial charge in [-0.25, -0.2) is 0 Å². The Hall–Kier alpha value is -2.50. The molecule has 0 spiro atoms. The summed E-state index contributed by atoms with van der Waals surface area (Å²) in [5, 5.41) is 0. The van der Waals surface area contributed by atoms with Crippen molar-refractivity contribution in [2.45, 2.75) is 26.1 Å². The normalized spacial score (nSPS) is 11.2. The molecule has 0 aliphatic rings. The zero-order valence-corrected chi connectivity index (χ0v) is 13.3. The molecule has 24 heavy (non-hydrogen) atoms. The molecule has 0 atom stereocenters. The standard InChI is InChI=1S/C18H17F3O3/c1-12-7-8-16(15(9-12)18(19,20)21)24-11-14-6-4-3-5-13(14)10-17(22)23-2/h3-9H,10-11H2,1-2H3. The van der Waals surface area contributed by atoms with Gasteiger partial charge >= 0.3 is 12.1 Å². The third kappa shape index (κ3) is 4.50. The van der Waals surface area contributed by atoms with E-state index in [1.165, 1.54) is 13.2 Å². The Bertz CT molecular complexity index is 724. The van der Waals surface area contributed by atoms with Gasteiger partial charge in [-0.15, -0.1) is 0 Å². The average molecular weight is 338 g/mol. The van der Waals surface area contributed by atoms with Gasteiger partial charge in [0.05, 0.1) is 19.1 Å². The Balaban J connectivity index is 2.22. The number of carbonyl (C=O) groups is 1. The molecule has 0 radical (unpaired) electrons. The van der Waals surface area contributed by atoms with Crippen molar-refractivity contribution in [3.8, 4) is 5.75 Å². The van der Waals surface area contributed by atoms with Crippen LogP contribution in [0.4, 0.5) is 13.2 Å². The number of esters is 1. The number of carbonyl (C=O) groups excluding carboxylic acids is 1. The van der Waals surface area contributed by atoms with Gasteiger partial charge in [0.2, 0.25) is 0 Å². The van der Waals surface area contributed by atoms with E-state index >= 15 is 0 Å². The maximum Gasteiger partial charge on any atom is 0.419 e. The van der Waals surface area contributed by atoms with Crippen LogP contribution in [-0.4, -0.2) is 13.1 Å². The molecule has 0 heterocycles. The lowest BCUT2D eigenvalue weighted by molar-refractivity contribution is -0.140. The summed E-state index contributed by atoms with van der Waals surface area (Å²) in [6.07, 6.45) is -4.46. The molecule has 0 bridgehead atoms. The topological polar surface area (TPSA) is 35.5 Å². The van der Waals surface area contributed by atoms with E-state index in [0.717, 1.165) is 6.07 Å². The summed E-state index contributed by atoms with van der Waals surface area (Å²) in [5.41, 5.74) is 0.982. The zero-order chi connectivity index (χ0) is 17.7. The highest BCUT2D eigenvalue weighted by molar-refractivity contribution is 5.72. The maximum absolute atomic E-state index is 13.1. The molecule has 128 valence electrons. The molecule has 6 heteroatoms. The number of hydrogen-bond acceptors (Lipinski definition) is 3. The Morgan fingerprint density at radius 3 is 2.38 bits per heavy atom. The number of aryl methyl sites for hydroxylation is 1. The average Bonchev–Trinajstić information content (AvgIpc) is 2.54. The maximum atomic E-state index is 13.1. The van der Waals surface area contributed by atoms with Crippen molar-refractivity contribution in [2.75, 3.05) is 7.11 Å². The van der Waals surface area contributed by atoms with Crippen LogP contribution in [0.2, 0.25) is 0 Å². The van der Waals surface area contributed by atoms with Gasteiger partial charge in [-0.3, -0.25) is 4.79 Å². The lowest BCUT2D eigenvalue weighted by Gasteiger charge is -2.16. The smallest absolute Gasteiger partial charge is 0.419 e. The molecule has 2 rings (SSSR count). The van der Waals surface area contributed by atoms with Gasteiger partial charge in [-0.05, 0) is 30.2 Å². The van der Waals surface area contributed by atoms with Crippen molar-refractivity contribution in [1.29, 1.82) is 0 Å². The molecule has 0 saturated heterocycles. The SMILES string of the molecule is COC(=O)Cc1ccccc1COc1ccc(C)cc1C(F)(F)F. The molecule has 0 aliphatic heterocycles. The van der Waals surface area contributed by atoms with Crippen LogP contribution >= 0.6 is 0 Å². The lowest BCUT2D eigenvalue weighted by Crippen LogP contribution is -2.11. The molecule has 0 saturated carbocycles. The van der Waals surface area contributed by atoms with E-state index < -0.39 is 17.7 Å². The van der Waals surface area contributed by atoms with Crippen molar-refractivity contribution in [3.63, 3.8) is 0 Å². The molecule has 0 aromatic heterocycles. The fourth-order valence-corrected chi connectivity index (χ4v) is 2.25. The highest BCUT2D eigenvalue weighted by Crippen LogP contribution is 2.37. The monoisotopic (exact) mass is 338 g/mol. The van der Waals surface area contributed by atoms with Gasteiger partial charge in [0, 0.05) is 0 Å². The number of halogens is 3. The van der Waals surface area contributed by atoms with Gasteiger partial charge in [0.15, 0.2) is 0 Å². The summed E-state index contributed by atoms with van der Waals surface area (Å²) in [4.78, 5) is 11.4. The minimum Gasteiger partial charge on any atom is -0.488 e. The van der Waals surface area contributed by atoms with Crippen molar-refractivity contribution in [1.82, 2.24) is 0 Å². The first-order valence-electron chi connectivity index (χ1n) is 7.25. The number of hydrogen-bond donors (Lipinski definition) is 0. The Kier molecular flexibility index (Phi) is 5.49. The number of ether oxygens (including phenoxy) is 2. The first kappa shape index (κ1) is 17.8. The van der Waals surface area contributed by atoms with Crippen molar-refractivity contribution < 1.29 is 27.4 Å². The van der Waals surface area contributed by atoms with Crippen LogP contribution in [0, 0.1) is 6.92 Å². The van der Waals surface area contributed by atoms with Gasteiger partial charge in [0.25, 0.3) is 0 Å². The van der Waals surface area contributed by atoms with E-state index in [4.69, 9.17) is 4.74 Å². The van der Waals surface area contributed by atoms with Crippen LogP contribution in [0.3, 0.4) is 0 Å². The van der Waals surface area contributed by atoms with Crippen LogP contribution in [0.15, 0.2) is 42.5 Å². The summed E-state index contributed by atoms with van der Waals surface area (Å²) in [6.45, 7) is 1.52. The lowest BCUT2D eigenvalue weighted by atomic mass is 10.1. The summed E-state index contributed by atoms with van der Waals surface area (Å²) in [5.74, 6) is -0.658. The number of methoxy groups -OCH3 is 1. The Morgan fingerprint density at radius 2 is 1.75 bits per heavy atom. The van der Waals surface area contributed by atoms with Crippen LogP contribution in [0.1, 0.15) is 22.3 Å². The molecule has 0 fully saturated rings. The van der Waals surface area contributed by atoms with Gasteiger partial charge in [-0.1, -0.05) is 35.9 Å². The second-order valence-electron chi connectivity index (χ2n) is 5.31.